The van der Waals surface area contributed by atoms with Crippen LogP contribution in [0.15, 0.2) is 48.5 Å². The van der Waals surface area contributed by atoms with Gasteiger partial charge in [0, 0.05) is 11.8 Å². The standard InChI is InChI=1S/C16H20N2O2/c1-16(11-19,12-6-4-3-5-7-12)18-13-8-9-14(17)15(10-13)20-2/h3-10,18-19H,11,17H2,1-2H3. The molecule has 0 spiro atoms. The van der Waals surface area contributed by atoms with Crippen LogP contribution in [0.5, 0.6) is 5.75 Å². The zero-order valence-electron chi connectivity index (χ0n) is 11.8. The van der Waals surface area contributed by atoms with Gasteiger partial charge in [0.2, 0.25) is 0 Å². The van der Waals surface area contributed by atoms with Crippen LogP contribution in [0.4, 0.5) is 11.4 Å². The third-order valence-electron chi connectivity index (χ3n) is 3.38. The van der Waals surface area contributed by atoms with E-state index in [9.17, 15) is 5.11 Å². The Morgan fingerprint density at radius 1 is 1.20 bits per heavy atom. The van der Waals surface area contributed by atoms with Crippen LogP contribution in [0, 0.1) is 0 Å². The normalized spacial score (nSPS) is 13.6. The molecule has 0 saturated heterocycles. The quantitative estimate of drug-likeness (QED) is 0.732. The van der Waals surface area contributed by atoms with Crippen molar-refractivity contribution in [2.24, 2.45) is 0 Å². The van der Waals surface area contributed by atoms with Crippen LogP contribution in [-0.2, 0) is 5.54 Å². The summed E-state index contributed by atoms with van der Waals surface area (Å²) >= 11 is 0. The molecule has 2 rings (SSSR count). The summed E-state index contributed by atoms with van der Waals surface area (Å²) in [5, 5.41) is 13.1. The van der Waals surface area contributed by atoms with Crippen molar-refractivity contribution < 1.29 is 9.84 Å². The molecule has 0 aliphatic rings. The van der Waals surface area contributed by atoms with Crippen molar-refractivity contribution in [3.8, 4) is 5.75 Å². The molecule has 0 radical (unpaired) electrons. The van der Waals surface area contributed by atoms with Gasteiger partial charge in [0.15, 0.2) is 0 Å². The lowest BCUT2D eigenvalue weighted by Gasteiger charge is -2.30. The second-order valence-corrected chi connectivity index (χ2v) is 4.94. The minimum atomic E-state index is -0.567. The maximum absolute atomic E-state index is 9.76. The number of anilines is 2. The second-order valence-electron chi connectivity index (χ2n) is 4.94. The van der Waals surface area contributed by atoms with E-state index in [0.717, 1.165) is 11.3 Å². The number of aliphatic hydroxyl groups excluding tert-OH is 1. The van der Waals surface area contributed by atoms with E-state index in [4.69, 9.17) is 10.5 Å². The first kappa shape index (κ1) is 14.2. The minimum absolute atomic E-state index is 0.0241. The van der Waals surface area contributed by atoms with Gasteiger partial charge in [0.1, 0.15) is 5.75 Å². The molecule has 4 nitrogen and oxygen atoms in total. The smallest absolute Gasteiger partial charge is 0.143 e. The molecule has 4 N–H and O–H groups in total. The Morgan fingerprint density at radius 2 is 1.90 bits per heavy atom. The van der Waals surface area contributed by atoms with Crippen molar-refractivity contribution in [2.75, 3.05) is 24.8 Å². The maximum Gasteiger partial charge on any atom is 0.143 e. The SMILES string of the molecule is COc1cc(NC(C)(CO)c2ccccc2)ccc1N. The minimum Gasteiger partial charge on any atom is -0.495 e. The highest BCUT2D eigenvalue weighted by molar-refractivity contribution is 5.62. The van der Waals surface area contributed by atoms with Crippen LogP contribution in [0.25, 0.3) is 0 Å². The average Bonchev–Trinajstić information content (AvgIpc) is 2.50. The van der Waals surface area contributed by atoms with E-state index >= 15 is 0 Å². The highest BCUT2D eigenvalue weighted by Gasteiger charge is 2.25. The van der Waals surface area contributed by atoms with Gasteiger partial charge in [-0.3, -0.25) is 0 Å². The highest BCUT2D eigenvalue weighted by atomic mass is 16.5. The van der Waals surface area contributed by atoms with Crippen LogP contribution in [-0.4, -0.2) is 18.8 Å². The molecule has 2 aromatic rings. The zero-order valence-corrected chi connectivity index (χ0v) is 11.8. The van der Waals surface area contributed by atoms with E-state index in [2.05, 4.69) is 5.32 Å². The zero-order chi connectivity index (χ0) is 14.6. The summed E-state index contributed by atoms with van der Waals surface area (Å²) in [7, 11) is 1.58. The number of aliphatic hydroxyl groups is 1. The summed E-state index contributed by atoms with van der Waals surface area (Å²) in [6.07, 6.45) is 0. The van der Waals surface area contributed by atoms with E-state index in [1.807, 2.05) is 49.4 Å². The van der Waals surface area contributed by atoms with Crippen molar-refractivity contribution in [1.82, 2.24) is 0 Å². The van der Waals surface area contributed by atoms with Gasteiger partial charge in [0.05, 0.1) is 24.9 Å². The number of hydrogen-bond donors (Lipinski definition) is 3. The maximum atomic E-state index is 9.76. The van der Waals surface area contributed by atoms with Crippen LogP contribution in [0.3, 0.4) is 0 Å². The van der Waals surface area contributed by atoms with E-state index in [-0.39, 0.29) is 6.61 Å². The number of ether oxygens (including phenoxy) is 1. The second kappa shape index (κ2) is 5.84. The predicted octanol–water partition coefficient (Wildman–Crippen LogP) is 2.60. The monoisotopic (exact) mass is 272 g/mol. The fourth-order valence-electron chi connectivity index (χ4n) is 2.12. The van der Waals surface area contributed by atoms with Gasteiger partial charge in [-0.1, -0.05) is 30.3 Å². The van der Waals surface area contributed by atoms with E-state index in [1.165, 1.54) is 0 Å². The van der Waals surface area contributed by atoms with Crippen molar-refractivity contribution >= 4 is 11.4 Å². The molecule has 4 heteroatoms. The van der Waals surface area contributed by atoms with Gasteiger partial charge < -0.3 is 20.9 Å². The number of methoxy groups -OCH3 is 1. The fourth-order valence-corrected chi connectivity index (χ4v) is 2.12. The Balaban J connectivity index is 2.31. The van der Waals surface area contributed by atoms with Crippen molar-refractivity contribution in [1.29, 1.82) is 0 Å². The summed E-state index contributed by atoms with van der Waals surface area (Å²) < 4.78 is 5.21. The number of rotatable bonds is 5. The molecule has 2 aromatic carbocycles. The number of nitrogens with two attached hydrogens (primary N) is 1. The molecule has 0 aliphatic carbocycles. The van der Waals surface area contributed by atoms with Gasteiger partial charge in [-0.05, 0) is 24.6 Å². The van der Waals surface area contributed by atoms with Crippen LogP contribution >= 0.6 is 0 Å². The molecular weight excluding hydrogens is 252 g/mol. The molecule has 20 heavy (non-hydrogen) atoms. The molecular formula is C16H20N2O2. The number of nitrogen functional groups attached to an aromatic ring is 1. The lowest BCUT2D eigenvalue weighted by molar-refractivity contribution is 0.224. The Kier molecular flexibility index (Phi) is 4.15. The first-order chi connectivity index (χ1) is 9.59. The first-order valence-electron chi connectivity index (χ1n) is 6.47. The van der Waals surface area contributed by atoms with Crippen LogP contribution < -0.4 is 15.8 Å². The van der Waals surface area contributed by atoms with E-state index in [1.54, 1.807) is 13.2 Å². The lowest BCUT2D eigenvalue weighted by atomic mass is 9.92. The Bertz CT molecular complexity index is 572. The highest BCUT2D eigenvalue weighted by Crippen LogP contribution is 2.30. The molecule has 0 bridgehead atoms. The van der Waals surface area contributed by atoms with Crippen LogP contribution in [0.1, 0.15) is 12.5 Å². The Labute approximate surface area is 119 Å². The van der Waals surface area contributed by atoms with Gasteiger partial charge in [0.25, 0.3) is 0 Å². The van der Waals surface area contributed by atoms with Crippen molar-refractivity contribution in [2.45, 2.75) is 12.5 Å². The number of benzene rings is 2. The van der Waals surface area contributed by atoms with Crippen LogP contribution in [0.2, 0.25) is 0 Å². The molecule has 0 aliphatic heterocycles. The number of hydrogen-bond acceptors (Lipinski definition) is 4. The number of nitrogens with one attached hydrogen (secondary N) is 1. The summed E-state index contributed by atoms with van der Waals surface area (Å²) in [4.78, 5) is 0. The Hall–Kier alpha value is -2.20. The van der Waals surface area contributed by atoms with Crippen molar-refractivity contribution in [3.05, 3.63) is 54.1 Å². The summed E-state index contributed by atoms with van der Waals surface area (Å²) in [5.74, 6) is 0.614. The third-order valence-corrected chi connectivity index (χ3v) is 3.38. The van der Waals surface area contributed by atoms with Gasteiger partial charge in [-0.25, -0.2) is 0 Å². The van der Waals surface area contributed by atoms with Gasteiger partial charge >= 0.3 is 0 Å². The molecule has 1 atom stereocenters. The summed E-state index contributed by atoms with van der Waals surface area (Å²) in [6.45, 7) is 1.93. The molecule has 0 heterocycles. The molecule has 106 valence electrons. The van der Waals surface area contributed by atoms with Gasteiger partial charge in [-0.15, -0.1) is 0 Å². The van der Waals surface area contributed by atoms with Gasteiger partial charge in [-0.2, -0.15) is 0 Å². The average molecular weight is 272 g/mol. The molecule has 0 amide bonds. The summed E-state index contributed by atoms with van der Waals surface area (Å²) in [6, 6.07) is 15.3. The molecule has 0 saturated carbocycles. The topological polar surface area (TPSA) is 67.5 Å². The molecule has 1 unspecified atom stereocenters. The van der Waals surface area contributed by atoms with E-state index in [0.29, 0.717) is 11.4 Å². The summed E-state index contributed by atoms with van der Waals surface area (Å²) in [5.41, 5.74) is 7.68. The molecule has 0 aromatic heterocycles. The Morgan fingerprint density at radius 3 is 2.50 bits per heavy atom. The predicted molar refractivity (Wildman–Crippen MR) is 81.9 cm³/mol. The van der Waals surface area contributed by atoms with Crippen molar-refractivity contribution in [3.63, 3.8) is 0 Å². The largest absolute Gasteiger partial charge is 0.495 e. The fraction of sp³-hybridized carbons (Fsp3) is 0.250. The molecule has 0 fully saturated rings. The lowest BCUT2D eigenvalue weighted by Crippen LogP contribution is -2.35. The first-order valence-corrected chi connectivity index (χ1v) is 6.47. The van der Waals surface area contributed by atoms with E-state index < -0.39 is 5.54 Å². The third kappa shape index (κ3) is 2.86.